The first-order valence-electron chi connectivity index (χ1n) is 11.3. The van der Waals surface area contributed by atoms with Gasteiger partial charge in [-0.15, -0.1) is 5.10 Å². The van der Waals surface area contributed by atoms with Gasteiger partial charge in [0.15, 0.2) is 5.65 Å². The lowest BCUT2D eigenvalue weighted by atomic mass is 10.00. The topological polar surface area (TPSA) is 98.5 Å². The second-order valence-corrected chi connectivity index (χ2v) is 8.49. The van der Waals surface area contributed by atoms with Crippen LogP contribution in [0.4, 0.5) is 0 Å². The second-order valence-electron chi connectivity index (χ2n) is 8.49. The van der Waals surface area contributed by atoms with Crippen LogP contribution in [-0.2, 0) is 11.3 Å². The molecule has 1 amide bonds. The summed E-state index contributed by atoms with van der Waals surface area (Å²) in [5.74, 6) is 0.648. The maximum atomic E-state index is 13.0. The minimum Gasteiger partial charge on any atom is -0.338 e. The minimum atomic E-state index is -0.372. The second kappa shape index (κ2) is 8.65. The van der Waals surface area contributed by atoms with E-state index in [1.165, 1.54) is 9.08 Å². The minimum absolute atomic E-state index is 0.0759. The van der Waals surface area contributed by atoms with Crippen molar-refractivity contribution >= 4 is 11.6 Å². The summed E-state index contributed by atoms with van der Waals surface area (Å²) in [6.07, 6.45) is 5.67. The van der Waals surface area contributed by atoms with Crippen LogP contribution in [0, 0.1) is 6.92 Å². The van der Waals surface area contributed by atoms with Gasteiger partial charge >= 0.3 is 5.69 Å². The number of likely N-dealkylation sites (tertiary alicyclic amines) is 1. The van der Waals surface area contributed by atoms with Crippen LogP contribution < -0.4 is 5.69 Å². The van der Waals surface area contributed by atoms with E-state index in [1.54, 1.807) is 18.3 Å². The van der Waals surface area contributed by atoms with Crippen molar-refractivity contribution in [2.45, 2.75) is 52.1 Å². The van der Waals surface area contributed by atoms with Crippen molar-refractivity contribution in [3.05, 3.63) is 58.6 Å². The van der Waals surface area contributed by atoms with Crippen LogP contribution in [0.25, 0.3) is 28.5 Å². The third-order valence-electron chi connectivity index (χ3n) is 6.28. The summed E-state index contributed by atoms with van der Waals surface area (Å²) in [5.41, 5.74) is 2.52. The molecule has 1 aliphatic heterocycles. The third-order valence-corrected chi connectivity index (χ3v) is 6.28. The monoisotopic (exact) mass is 446 g/mol. The molecule has 170 valence electrons. The Morgan fingerprint density at radius 1 is 1.18 bits per heavy atom. The average molecular weight is 447 g/mol. The molecule has 1 saturated heterocycles. The summed E-state index contributed by atoms with van der Waals surface area (Å²) in [4.78, 5) is 32.3. The van der Waals surface area contributed by atoms with Crippen LogP contribution in [0.1, 0.15) is 38.2 Å². The zero-order valence-corrected chi connectivity index (χ0v) is 18.8. The molecule has 1 fully saturated rings. The highest BCUT2D eigenvalue weighted by atomic mass is 16.5. The summed E-state index contributed by atoms with van der Waals surface area (Å²) < 4.78 is 8.13. The molecule has 0 saturated carbocycles. The lowest BCUT2D eigenvalue weighted by molar-refractivity contribution is -0.135. The van der Waals surface area contributed by atoms with E-state index in [-0.39, 0.29) is 30.1 Å². The van der Waals surface area contributed by atoms with Crippen LogP contribution in [0.15, 0.2) is 51.9 Å². The van der Waals surface area contributed by atoms with E-state index in [2.05, 4.69) is 22.2 Å². The van der Waals surface area contributed by atoms with E-state index in [1.807, 2.05) is 36.1 Å². The molecule has 0 radical (unpaired) electrons. The molecule has 1 aliphatic rings. The van der Waals surface area contributed by atoms with Gasteiger partial charge < -0.3 is 9.42 Å². The van der Waals surface area contributed by atoms with Gasteiger partial charge in [0, 0.05) is 24.3 Å². The first kappa shape index (κ1) is 21.1. The van der Waals surface area contributed by atoms with Gasteiger partial charge in [0.05, 0.1) is 5.56 Å². The van der Waals surface area contributed by atoms with Gasteiger partial charge in [-0.05, 0) is 44.7 Å². The average Bonchev–Trinajstić information content (AvgIpc) is 3.45. The number of nitrogens with zero attached hydrogens (tertiary/aromatic N) is 6. The Bertz CT molecular complexity index is 1350. The summed E-state index contributed by atoms with van der Waals surface area (Å²) in [7, 11) is 0. The van der Waals surface area contributed by atoms with Crippen molar-refractivity contribution in [1.82, 2.24) is 29.2 Å². The number of hydrogen-bond acceptors (Lipinski definition) is 6. The molecule has 5 rings (SSSR count). The first-order chi connectivity index (χ1) is 16.0. The number of hydrogen-bond donors (Lipinski definition) is 0. The largest absolute Gasteiger partial charge is 0.350 e. The Hall–Kier alpha value is -3.75. The lowest BCUT2D eigenvalue weighted by Crippen LogP contribution is -2.45. The normalized spacial score (nSPS) is 16.4. The van der Waals surface area contributed by atoms with Gasteiger partial charge in [-0.3, -0.25) is 4.79 Å². The first-order valence-corrected chi connectivity index (χ1v) is 11.3. The zero-order valence-electron chi connectivity index (χ0n) is 18.8. The Morgan fingerprint density at radius 2 is 2.00 bits per heavy atom. The fraction of sp³-hybridized carbons (Fsp3) is 0.375. The van der Waals surface area contributed by atoms with E-state index in [0.29, 0.717) is 17.0 Å². The van der Waals surface area contributed by atoms with Gasteiger partial charge in [-0.1, -0.05) is 41.9 Å². The van der Waals surface area contributed by atoms with E-state index in [4.69, 9.17) is 4.52 Å². The van der Waals surface area contributed by atoms with Gasteiger partial charge in [0.1, 0.15) is 6.54 Å². The number of fused-ring (bicyclic) bond motifs is 1. The van der Waals surface area contributed by atoms with Gasteiger partial charge in [-0.25, -0.2) is 13.9 Å². The quantitative estimate of drug-likeness (QED) is 0.466. The smallest absolute Gasteiger partial charge is 0.338 e. The molecule has 1 aromatic carbocycles. The van der Waals surface area contributed by atoms with Gasteiger partial charge in [0.2, 0.25) is 11.7 Å². The number of benzene rings is 1. The fourth-order valence-electron chi connectivity index (χ4n) is 4.43. The fourth-order valence-corrected chi connectivity index (χ4v) is 4.43. The summed E-state index contributed by atoms with van der Waals surface area (Å²) in [6.45, 7) is 4.75. The highest BCUT2D eigenvalue weighted by molar-refractivity contribution is 5.77. The molecule has 33 heavy (non-hydrogen) atoms. The van der Waals surface area contributed by atoms with Crippen LogP contribution in [-0.4, -0.2) is 47.7 Å². The summed E-state index contributed by atoms with van der Waals surface area (Å²) in [5, 5.41) is 8.55. The molecule has 0 spiro atoms. The predicted molar refractivity (Wildman–Crippen MR) is 123 cm³/mol. The molecule has 4 heterocycles. The number of carbonyl (C=O) groups is 1. The number of aryl methyl sites for hydroxylation is 1. The molecule has 3 aromatic heterocycles. The number of aromatic nitrogens is 5. The molecule has 1 atom stereocenters. The van der Waals surface area contributed by atoms with Crippen LogP contribution in [0.3, 0.4) is 0 Å². The van der Waals surface area contributed by atoms with E-state index in [0.717, 1.165) is 43.4 Å². The number of rotatable bonds is 5. The Morgan fingerprint density at radius 3 is 2.79 bits per heavy atom. The molecule has 0 aliphatic carbocycles. The third kappa shape index (κ3) is 3.94. The van der Waals surface area contributed by atoms with Gasteiger partial charge in [0.25, 0.3) is 5.89 Å². The van der Waals surface area contributed by atoms with Crippen molar-refractivity contribution in [1.29, 1.82) is 0 Å². The maximum absolute atomic E-state index is 13.0. The molecule has 0 N–H and O–H groups in total. The van der Waals surface area contributed by atoms with Crippen molar-refractivity contribution in [3.63, 3.8) is 0 Å². The molecular weight excluding hydrogens is 420 g/mol. The van der Waals surface area contributed by atoms with E-state index in [9.17, 15) is 9.59 Å². The van der Waals surface area contributed by atoms with Crippen LogP contribution >= 0.6 is 0 Å². The van der Waals surface area contributed by atoms with E-state index >= 15 is 0 Å². The number of piperidine rings is 1. The number of pyridine rings is 1. The SMILES string of the molecule is CCC1CCCCN1C(=O)Cn1nc2c(-c3nc(-c4ccc(C)cc4)no3)cccn2c1=O. The molecule has 4 aromatic rings. The molecule has 0 bridgehead atoms. The predicted octanol–water partition coefficient (Wildman–Crippen LogP) is 3.31. The Labute approximate surface area is 190 Å². The summed E-state index contributed by atoms with van der Waals surface area (Å²) in [6, 6.07) is 11.6. The maximum Gasteiger partial charge on any atom is 0.350 e. The molecule has 1 unspecified atom stereocenters. The highest BCUT2D eigenvalue weighted by Crippen LogP contribution is 2.25. The summed E-state index contributed by atoms with van der Waals surface area (Å²) >= 11 is 0. The highest BCUT2D eigenvalue weighted by Gasteiger charge is 2.26. The molecular formula is C24H26N6O3. The number of amides is 1. The zero-order chi connectivity index (χ0) is 22.9. The van der Waals surface area contributed by atoms with E-state index < -0.39 is 0 Å². The van der Waals surface area contributed by atoms with Crippen molar-refractivity contribution in [2.24, 2.45) is 0 Å². The van der Waals surface area contributed by atoms with Crippen LogP contribution in [0.2, 0.25) is 0 Å². The number of carbonyl (C=O) groups excluding carboxylic acids is 1. The van der Waals surface area contributed by atoms with Gasteiger partial charge in [-0.2, -0.15) is 4.98 Å². The standard InChI is InChI=1S/C24H26N6O3/c1-3-18-7-4-5-13-28(18)20(31)15-30-24(32)29-14-6-8-19(22(29)26-30)23-25-21(27-33-23)17-11-9-16(2)10-12-17/h6,8-12,14,18H,3-5,7,13,15H2,1-2H3. The van der Waals surface area contributed by atoms with Crippen LogP contribution in [0.5, 0.6) is 0 Å². The molecule has 9 heteroatoms. The van der Waals surface area contributed by atoms with Crippen molar-refractivity contribution in [2.75, 3.05) is 6.54 Å². The molecule has 9 nitrogen and oxygen atoms in total. The lowest BCUT2D eigenvalue weighted by Gasteiger charge is -2.35. The Balaban J connectivity index is 1.46. The van der Waals surface area contributed by atoms with Crippen molar-refractivity contribution in [3.8, 4) is 22.8 Å². The van der Waals surface area contributed by atoms with Crippen molar-refractivity contribution < 1.29 is 9.32 Å². The Kier molecular flexibility index (Phi) is 5.53.